The lowest BCUT2D eigenvalue weighted by molar-refractivity contribution is -0.116. The minimum Gasteiger partial charge on any atom is -0.369 e. The molecule has 22 heavy (non-hydrogen) atoms. The number of hydrogen-bond donors (Lipinski definition) is 2. The van der Waals surface area contributed by atoms with Crippen LogP contribution >= 0.6 is 0 Å². The highest BCUT2D eigenvalue weighted by Crippen LogP contribution is 2.15. The van der Waals surface area contributed by atoms with Gasteiger partial charge >= 0.3 is 0 Å². The fourth-order valence-corrected chi connectivity index (χ4v) is 2.20. The van der Waals surface area contributed by atoms with Gasteiger partial charge in [0.05, 0.1) is 0 Å². The van der Waals surface area contributed by atoms with E-state index in [2.05, 4.69) is 10.3 Å². The summed E-state index contributed by atoms with van der Waals surface area (Å²) in [5.41, 5.74) is 7.86. The molecular weight excluding hydrogens is 280 g/mol. The number of benzene rings is 1. The molecule has 6 nitrogen and oxygen atoms in total. The molecule has 0 aliphatic rings. The van der Waals surface area contributed by atoms with Gasteiger partial charge in [-0.15, -0.1) is 0 Å². The van der Waals surface area contributed by atoms with Crippen LogP contribution in [0.3, 0.4) is 0 Å². The van der Waals surface area contributed by atoms with E-state index in [1.165, 1.54) is 10.6 Å². The zero-order valence-electron chi connectivity index (χ0n) is 12.8. The summed E-state index contributed by atoms with van der Waals surface area (Å²) in [7, 11) is 0. The number of anilines is 2. The van der Waals surface area contributed by atoms with E-state index in [0.717, 1.165) is 17.7 Å². The average molecular weight is 300 g/mol. The number of carbonyl (C=O) groups is 1. The maximum absolute atomic E-state index is 12.2. The number of rotatable bonds is 5. The molecule has 1 aromatic heterocycles. The Morgan fingerprint density at radius 2 is 2.00 bits per heavy atom. The lowest BCUT2D eigenvalue weighted by atomic mass is 10.1. The van der Waals surface area contributed by atoms with E-state index in [1.807, 2.05) is 38.1 Å². The first kappa shape index (κ1) is 15.8. The second-order valence-corrected chi connectivity index (χ2v) is 4.94. The molecule has 1 aromatic carbocycles. The van der Waals surface area contributed by atoms with Gasteiger partial charge in [0, 0.05) is 17.4 Å². The molecule has 3 N–H and O–H groups in total. The summed E-state index contributed by atoms with van der Waals surface area (Å²) >= 11 is 0. The van der Waals surface area contributed by atoms with E-state index in [4.69, 9.17) is 5.73 Å². The molecule has 0 saturated carbocycles. The van der Waals surface area contributed by atoms with Crippen LogP contribution in [-0.4, -0.2) is 15.5 Å². The van der Waals surface area contributed by atoms with Gasteiger partial charge < -0.3 is 11.1 Å². The van der Waals surface area contributed by atoms with Crippen LogP contribution in [0, 0.1) is 0 Å². The Labute approximate surface area is 129 Å². The van der Waals surface area contributed by atoms with Crippen molar-refractivity contribution in [2.75, 3.05) is 11.1 Å². The Balaban J connectivity index is 2.18. The van der Waals surface area contributed by atoms with Gasteiger partial charge in [-0.1, -0.05) is 32.0 Å². The van der Waals surface area contributed by atoms with Crippen molar-refractivity contribution in [3.05, 3.63) is 51.9 Å². The fraction of sp³-hybridized carbons (Fsp3) is 0.312. The molecule has 1 heterocycles. The van der Waals surface area contributed by atoms with Crippen molar-refractivity contribution >= 4 is 17.5 Å². The second kappa shape index (κ2) is 6.89. The largest absolute Gasteiger partial charge is 0.369 e. The number of hydrogen-bond acceptors (Lipinski definition) is 4. The summed E-state index contributed by atoms with van der Waals surface area (Å²) in [6, 6.07) is 8.97. The molecule has 0 saturated heterocycles. The number of aryl methyl sites for hydroxylation is 2. The summed E-state index contributed by atoms with van der Waals surface area (Å²) in [5, 5.41) is 2.81. The number of aromatic nitrogens is 2. The Bertz CT molecular complexity index is 737. The van der Waals surface area contributed by atoms with Crippen molar-refractivity contribution in [3.63, 3.8) is 0 Å². The van der Waals surface area contributed by atoms with Crippen LogP contribution in [0.5, 0.6) is 0 Å². The van der Waals surface area contributed by atoms with Gasteiger partial charge in [0.25, 0.3) is 5.56 Å². The zero-order chi connectivity index (χ0) is 16.1. The number of nitrogens with zero attached hydrogens (tertiary/aromatic N) is 2. The number of carbonyl (C=O) groups excluding carboxylic acids is 1. The first-order chi connectivity index (χ1) is 10.5. The highest BCUT2D eigenvalue weighted by atomic mass is 16.2. The van der Waals surface area contributed by atoms with Crippen molar-refractivity contribution in [1.29, 1.82) is 0 Å². The lowest BCUT2D eigenvalue weighted by Gasteiger charge is -2.12. The monoisotopic (exact) mass is 300 g/mol. The van der Waals surface area contributed by atoms with Gasteiger partial charge in [0.15, 0.2) is 0 Å². The maximum atomic E-state index is 12.2. The molecule has 2 aromatic rings. The molecule has 0 aliphatic heterocycles. The predicted molar refractivity (Wildman–Crippen MR) is 86.7 cm³/mol. The maximum Gasteiger partial charge on any atom is 0.255 e. The molecule has 0 radical (unpaired) electrons. The minimum atomic E-state index is -0.316. The fourth-order valence-electron chi connectivity index (χ4n) is 2.20. The summed E-state index contributed by atoms with van der Waals surface area (Å²) in [4.78, 5) is 28.3. The minimum absolute atomic E-state index is 0.0586. The summed E-state index contributed by atoms with van der Waals surface area (Å²) in [6.07, 6.45) is 1.43. The molecule has 0 aliphatic carbocycles. The molecule has 0 spiro atoms. The van der Waals surface area contributed by atoms with E-state index < -0.39 is 0 Å². The van der Waals surface area contributed by atoms with Crippen LogP contribution < -0.4 is 16.6 Å². The van der Waals surface area contributed by atoms with Crippen LogP contribution in [0.1, 0.15) is 25.1 Å². The van der Waals surface area contributed by atoms with E-state index in [0.29, 0.717) is 12.1 Å². The quantitative estimate of drug-likeness (QED) is 0.877. The van der Waals surface area contributed by atoms with E-state index in [9.17, 15) is 9.59 Å². The lowest BCUT2D eigenvalue weighted by Crippen LogP contribution is -2.30. The van der Waals surface area contributed by atoms with Crippen molar-refractivity contribution in [1.82, 2.24) is 9.55 Å². The van der Waals surface area contributed by atoms with Gasteiger partial charge in [-0.25, -0.2) is 4.98 Å². The van der Waals surface area contributed by atoms with E-state index >= 15 is 0 Å². The molecule has 116 valence electrons. The van der Waals surface area contributed by atoms with E-state index in [-0.39, 0.29) is 24.0 Å². The summed E-state index contributed by atoms with van der Waals surface area (Å²) < 4.78 is 1.17. The van der Waals surface area contributed by atoms with Gasteiger partial charge in [0.1, 0.15) is 6.54 Å². The number of nitrogen functional groups attached to an aromatic ring is 1. The average Bonchev–Trinajstić information content (AvgIpc) is 2.51. The number of nitrogens with one attached hydrogen (secondary N) is 1. The highest BCUT2D eigenvalue weighted by Gasteiger charge is 2.11. The smallest absolute Gasteiger partial charge is 0.255 e. The SMILES string of the molecule is CCc1cc(=O)n(CC(=O)Nc2ccccc2CC)c(N)n1. The highest BCUT2D eigenvalue weighted by molar-refractivity contribution is 5.91. The molecule has 1 amide bonds. The summed E-state index contributed by atoms with van der Waals surface area (Å²) in [6.45, 7) is 3.75. The second-order valence-electron chi connectivity index (χ2n) is 4.94. The number of nitrogens with two attached hydrogens (primary N) is 1. The first-order valence-electron chi connectivity index (χ1n) is 7.29. The Hall–Kier alpha value is -2.63. The molecule has 0 unspecified atom stereocenters. The molecule has 2 rings (SSSR count). The van der Waals surface area contributed by atoms with Gasteiger partial charge in [-0.2, -0.15) is 0 Å². The number of amides is 1. The Kier molecular flexibility index (Phi) is 4.93. The van der Waals surface area contributed by atoms with Gasteiger partial charge in [0.2, 0.25) is 11.9 Å². The molecule has 0 bridgehead atoms. The van der Waals surface area contributed by atoms with Crippen LogP contribution in [0.15, 0.2) is 35.1 Å². The number of para-hydroxylation sites is 1. The van der Waals surface area contributed by atoms with Crippen LogP contribution in [0.25, 0.3) is 0 Å². The Morgan fingerprint density at radius 3 is 2.64 bits per heavy atom. The van der Waals surface area contributed by atoms with Crippen molar-refractivity contribution in [2.45, 2.75) is 33.2 Å². The van der Waals surface area contributed by atoms with Crippen LogP contribution in [0.4, 0.5) is 11.6 Å². The molecule has 0 atom stereocenters. The molecule has 0 fully saturated rings. The molecular formula is C16H20N4O2. The summed E-state index contributed by atoms with van der Waals surface area (Å²) in [5.74, 6) is -0.246. The zero-order valence-corrected chi connectivity index (χ0v) is 12.8. The predicted octanol–water partition coefficient (Wildman–Crippen LogP) is 1.59. The van der Waals surface area contributed by atoms with Gasteiger partial charge in [-0.3, -0.25) is 14.2 Å². The van der Waals surface area contributed by atoms with Gasteiger partial charge in [-0.05, 0) is 24.5 Å². The first-order valence-corrected chi connectivity index (χ1v) is 7.29. The standard InChI is InChI=1S/C16H20N4O2/c1-3-11-7-5-6-8-13(11)19-14(21)10-20-15(22)9-12(4-2)18-16(20)17/h5-9H,3-4,10H2,1-2H3,(H2,17,18)(H,19,21). The third-order valence-electron chi connectivity index (χ3n) is 3.43. The third-order valence-corrected chi connectivity index (χ3v) is 3.43. The van der Waals surface area contributed by atoms with Crippen LogP contribution in [0.2, 0.25) is 0 Å². The van der Waals surface area contributed by atoms with Crippen molar-refractivity contribution in [3.8, 4) is 0 Å². The molecule has 6 heteroatoms. The van der Waals surface area contributed by atoms with Crippen LogP contribution in [-0.2, 0) is 24.2 Å². The third kappa shape index (κ3) is 3.52. The normalized spacial score (nSPS) is 10.5. The Morgan fingerprint density at radius 1 is 1.27 bits per heavy atom. The van der Waals surface area contributed by atoms with Crippen molar-refractivity contribution < 1.29 is 4.79 Å². The topological polar surface area (TPSA) is 90.0 Å². The van der Waals surface area contributed by atoms with E-state index in [1.54, 1.807) is 0 Å². The van der Waals surface area contributed by atoms with Crippen molar-refractivity contribution in [2.24, 2.45) is 0 Å².